The molecule has 0 aliphatic heterocycles. The molecule has 70 valence electrons. The minimum Gasteiger partial charge on any atom is -0.389 e. The second-order valence-corrected chi connectivity index (χ2v) is 2.80. The summed E-state index contributed by atoms with van der Waals surface area (Å²) in [5.41, 5.74) is 0. The zero-order valence-corrected chi connectivity index (χ0v) is 7.62. The third kappa shape index (κ3) is 4.26. The first-order valence-corrected chi connectivity index (χ1v) is 3.91. The van der Waals surface area contributed by atoms with Gasteiger partial charge in [0.05, 0.1) is 12.7 Å². The van der Waals surface area contributed by atoms with E-state index in [4.69, 9.17) is 4.74 Å². The van der Waals surface area contributed by atoms with Crippen molar-refractivity contribution < 1.29 is 14.6 Å². The van der Waals surface area contributed by atoms with E-state index in [0.29, 0.717) is 13.0 Å². The third-order valence-electron chi connectivity index (χ3n) is 1.74. The molecule has 0 saturated heterocycles. The van der Waals surface area contributed by atoms with Crippen LogP contribution in [0.2, 0.25) is 0 Å². The monoisotopic (exact) mass is 172 g/mol. The second-order valence-electron chi connectivity index (χ2n) is 2.80. The van der Waals surface area contributed by atoms with Crippen molar-refractivity contribution in [3.8, 4) is 0 Å². The van der Waals surface area contributed by atoms with Crippen LogP contribution in [0, 0.1) is 5.92 Å². The first-order chi connectivity index (χ1) is 5.61. The van der Waals surface area contributed by atoms with E-state index in [1.807, 2.05) is 0 Å². The first kappa shape index (κ1) is 11.3. The number of ether oxygens (including phenoxy) is 1. The summed E-state index contributed by atoms with van der Waals surface area (Å²) in [5.74, 6) is -0.180. The number of hydrogen-bond acceptors (Lipinski definition) is 3. The lowest BCUT2D eigenvalue weighted by Crippen LogP contribution is -2.22. The van der Waals surface area contributed by atoms with E-state index in [1.165, 1.54) is 20.1 Å². The average Bonchev–Trinajstić information content (AvgIpc) is 2.03. The molecule has 0 amide bonds. The smallest absolute Gasteiger partial charge is 0.135 e. The molecule has 3 heteroatoms. The van der Waals surface area contributed by atoms with Gasteiger partial charge in [0.25, 0.3) is 0 Å². The van der Waals surface area contributed by atoms with Crippen LogP contribution >= 0.6 is 0 Å². The van der Waals surface area contributed by atoms with Crippen molar-refractivity contribution in [1.29, 1.82) is 0 Å². The third-order valence-corrected chi connectivity index (χ3v) is 1.74. The summed E-state index contributed by atoms with van der Waals surface area (Å²) in [6.07, 6.45) is 1.20. The summed E-state index contributed by atoms with van der Waals surface area (Å²) < 4.78 is 4.84. The molecule has 0 spiro atoms. The van der Waals surface area contributed by atoms with E-state index in [2.05, 4.69) is 6.58 Å². The molecule has 0 radical (unpaired) electrons. The van der Waals surface area contributed by atoms with Crippen LogP contribution in [-0.2, 0) is 9.53 Å². The largest absolute Gasteiger partial charge is 0.389 e. The molecule has 2 atom stereocenters. The highest BCUT2D eigenvalue weighted by Gasteiger charge is 2.16. The molecule has 0 fully saturated rings. The molecule has 3 nitrogen and oxygen atoms in total. The second kappa shape index (κ2) is 5.91. The van der Waals surface area contributed by atoms with E-state index in [1.54, 1.807) is 0 Å². The summed E-state index contributed by atoms with van der Waals surface area (Å²) >= 11 is 0. The Bertz CT molecular complexity index is 154. The Morgan fingerprint density at radius 1 is 1.75 bits per heavy atom. The Morgan fingerprint density at radius 2 is 2.33 bits per heavy atom. The summed E-state index contributed by atoms with van der Waals surface area (Å²) in [4.78, 5) is 11.0. The molecule has 0 bridgehead atoms. The summed E-state index contributed by atoms with van der Waals surface area (Å²) in [7, 11) is 1.54. The highest BCUT2D eigenvalue weighted by atomic mass is 16.5. The molecule has 12 heavy (non-hydrogen) atoms. The maximum atomic E-state index is 11.0. The number of carbonyl (C=O) groups excluding carboxylic acids is 1. The predicted molar refractivity (Wildman–Crippen MR) is 46.9 cm³/mol. The Labute approximate surface area is 73.0 Å². The maximum absolute atomic E-state index is 11.0. The fourth-order valence-electron chi connectivity index (χ4n) is 0.940. The lowest BCUT2D eigenvalue weighted by atomic mass is 9.99. The van der Waals surface area contributed by atoms with Crippen LogP contribution in [0.25, 0.3) is 0 Å². The molecular weight excluding hydrogens is 156 g/mol. The predicted octanol–water partition coefficient (Wildman–Crippen LogP) is 0.775. The van der Waals surface area contributed by atoms with Gasteiger partial charge in [0.15, 0.2) is 0 Å². The number of methoxy groups -OCH3 is 1. The molecule has 0 saturated carbocycles. The van der Waals surface area contributed by atoms with Crippen molar-refractivity contribution >= 4 is 5.78 Å². The number of carbonyl (C=O) groups is 1. The molecule has 2 unspecified atom stereocenters. The molecule has 1 N–H and O–H groups in total. The standard InChI is InChI=1S/C9H16O3/c1-4-9(11)5-8(6-12-3)7(2)10/h4,8-9,11H,1,5-6H2,2-3H3. The molecule has 0 rings (SSSR count). The molecule has 0 aromatic carbocycles. The number of aliphatic hydroxyl groups excluding tert-OH is 1. The molecule has 0 aromatic heterocycles. The van der Waals surface area contributed by atoms with Gasteiger partial charge in [-0.2, -0.15) is 0 Å². The highest BCUT2D eigenvalue weighted by molar-refractivity contribution is 5.78. The minimum atomic E-state index is -0.617. The van der Waals surface area contributed by atoms with Gasteiger partial charge in [0.1, 0.15) is 5.78 Å². The van der Waals surface area contributed by atoms with Gasteiger partial charge in [-0.25, -0.2) is 0 Å². The van der Waals surface area contributed by atoms with Crippen molar-refractivity contribution in [2.24, 2.45) is 5.92 Å². The summed E-state index contributed by atoms with van der Waals surface area (Å²) in [6, 6.07) is 0. The van der Waals surface area contributed by atoms with E-state index in [9.17, 15) is 9.90 Å². The maximum Gasteiger partial charge on any atom is 0.135 e. The van der Waals surface area contributed by atoms with E-state index in [0.717, 1.165) is 0 Å². The van der Waals surface area contributed by atoms with Gasteiger partial charge in [-0.3, -0.25) is 4.79 Å². The molecule has 0 aliphatic carbocycles. The SMILES string of the molecule is C=CC(O)CC(COC)C(C)=O. The van der Waals surface area contributed by atoms with Crippen LogP contribution < -0.4 is 0 Å². The zero-order valence-electron chi connectivity index (χ0n) is 7.62. The number of ketones is 1. The van der Waals surface area contributed by atoms with Gasteiger partial charge in [-0.15, -0.1) is 6.58 Å². The topological polar surface area (TPSA) is 46.5 Å². The van der Waals surface area contributed by atoms with Gasteiger partial charge in [0, 0.05) is 13.0 Å². The van der Waals surface area contributed by atoms with Crippen LogP contribution in [-0.4, -0.2) is 30.7 Å². The molecule has 0 aromatic rings. The van der Waals surface area contributed by atoms with Crippen LogP contribution in [0.5, 0.6) is 0 Å². The van der Waals surface area contributed by atoms with Crippen molar-refractivity contribution in [2.75, 3.05) is 13.7 Å². The quantitative estimate of drug-likeness (QED) is 0.602. The molecule has 0 heterocycles. The normalized spacial score (nSPS) is 15.2. The lowest BCUT2D eigenvalue weighted by Gasteiger charge is -2.14. The highest BCUT2D eigenvalue weighted by Crippen LogP contribution is 2.09. The van der Waals surface area contributed by atoms with Crippen LogP contribution in [0.15, 0.2) is 12.7 Å². The van der Waals surface area contributed by atoms with Crippen LogP contribution in [0.1, 0.15) is 13.3 Å². The van der Waals surface area contributed by atoms with Gasteiger partial charge in [-0.1, -0.05) is 6.08 Å². The van der Waals surface area contributed by atoms with Crippen molar-refractivity contribution in [1.82, 2.24) is 0 Å². The Hall–Kier alpha value is -0.670. The fourth-order valence-corrected chi connectivity index (χ4v) is 0.940. The van der Waals surface area contributed by atoms with Crippen molar-refractivity contribution in [3.05, 3.63) is 12.7 Å². The summed E-state index contributed by atoms with van der Waals surface area (Å²) in [5, 5.41) is 9.18. The first-order valence-electron chi connectivity index (χ1n) is 3.91. The number of Topliss-reactive ketones (excluding diaryl/α,β-unsaturated/α-hetero) is 1. The molecule has 0 aliphatic rings. The van der Waals surface area contributed by atoms with Crippen molar-refractivity contribution in [2.45, 2.75) is 19.4 Å². The number of rotatable bonds is 6. The van der Waals surface area contributed by atoms with Gasteiger partial charge in [-0.05, 0) is 13.3 Å². The Kier molecular flexibility index (Phi) is 5.58. The van der Waals surface area contributed by atoms with Gasteiger partial charge in [0.2, 0.25) is 0 Å². The lowest BCUT2D eigenvalue weighted by molar-refractivity contribution is -0.123. The molecular formula is C9H16O3. The van der Waals surface area contributed by atoms with E-state index in [-0.39, 0.29) is 11.7 Å². The fraction of sp³-hybridized carbons (Fsp3) is 0.667. The van der Waals surface area contributed by atoms with Crippen molar-refractivity contribution in [3.63, 3.8) is 0 Å². The van der Waals surface area contributed by atoms with Crippen LogP contribution in [0.4, 0.5) is 0 Å². The zero-order chi connectivity index (χ0) is 9.56. The minimum absolute atomic E-state index is 0.0396. The van der Waals surface area contributed by atoms with E-state index < -0.39 is 6.10 Å². The van der Waals surface area contributed by atoms with Gasteiger partial charge < -0.3 is 9.84 Å². The number of hydrogen-bond donors (Lipinski definition) is 1. The number of aliphatic hydroxyl groups is 1. The Balaban J connectivity index is 3.94. The Morgan fingerprint density at radius 3 is 2.67 bits per heavy atom. The van der Waals surface area contributed by atoms with Gasteiger partial charge >= 0.3 is 0 Å². The average molecular weight is 172 g/mol. The summed E-state index contributed by atoms with van der Waals surface area (Å²) in [6.45, 7) is 5.29. The van der Waals surface area contributed by atoms with Crippen LogP contribution in [0.3, 0.4) is 0 Å². The van der Waals surface area contributed by atoms with E-state index >= 15 is 0 Å².